The van der Waals surface area contributed by atoms with E-state index in [-0.39, 0.29) is 0 Å². The van der Waals surface area contributed by atoms with Crippen LogP contribution in [0.15, 0.2) is 0 Å². The van der Waals surface area contributed by atoms with Gasteiger partial charge in [0.2, 0.25) is 0 Å². The Morgan fingerprint density at radius 2 is 0.579 bits per heavy atom. The van der Waals surface area contributed by atoms with Crippen LogP contribution in [0.4, 0.5) is 0 Å². The van der Waals surface area contributed by atoms with Gasteiger partial charge in [-0.1, -0.05) is 0 Å². The van der Waals surface area contributed by atoms with Gasteiger partial charge in [-0.15, -0.1) is 0 Å². The first-order valence-electron chi connectivity index (χ1n) is 4.35. The quantitative estimate of drug-likeness (QED) is 0.340. The van der Waals surface area contributed by atoms with Gasteiger partial charge in [0, 0.05) is 0 Å². The fourth-order valence-corrected chi connectivity index (χ4v) is 14.1. The van der Waals surface area contributed by atoms with Crippen LogP contribution >= 0.6 is 0 Å². The van der Waals surface area contributed by atoms with Gasteiger partial charge in [-0.2, -0.15) is 0 Å². The van der Waals surface area contributed by atoms with E-state index < -0.39 is 66.7 Å². The first-order chi connectivity index (χ1) is 9.08. The van der Waals surface area contributed by atoms with E-state index in [0.717, 1.165) is 0 Å². The van der Waals surface area contributed by atoms with Crippen LogP contribution in [-0.4, -0.2) is 81.1 Å². The van der Waals surface area contributed by atoms with E-state index in [2.05, 4.69) is 0 Å². The molecule has 0 aromatic heterocycles. The van der Waals surface area contributed by atoms with Crippen LogP contribution in [-0.2, 0) is 37.0 Å². The van der Waals surface area contributed by atoms with E-state index in [1.165, 1.54) is 0 Å². The Kier molecular flexibility index (Phi) is 5.06. The Morgan fingerprint density at radius 1 is 0.368 bits per heavy atom. The summed E-state index contributed by atoms with van der Waals surface area (Å²) in [6.45, 7) is 0. The van der Waals surface area contributed by atoms with Gasteiger partial charge in [-0.05, 0) is 0 Å². The second-order valence-electron chi connectivity index (χ2n) is 2.72. The van der Waals surface area contributed by atoms with E-state index >= 15 is 0 Å². The van der Waals surface area contributed by atoms with Crippen molar-refractivity contribution in [1.82, 2.24) is 0 Å². The highest BCUT2D eigenvalue weighted by molar-refractivity contribution is 6.76. The zero-order chi connectivity index (χ0) is 13.4. The highest BCUT2D eigenvalue weighted by Crippen LogP contribution is 2.17. The van der Waals surface area contributed by atoms with Gasteiger partial charge >= 0.3 is 66.7 Å². The lowest BCUT2D eigenvalue weighted by Crippen LogP contribution is -2.61. The lowest BCUT2D eigenvalue weighted by Gasteiger charge is -2.33. The van der Waals surface area contributed by atoms with Gasteiger partial charge in [-0.3, -0.25) is 0 Å². The normalized spacial score (nSPS) is 31.7. The van der Waals surface area contributed by atoms with Crippen LogP contribution in [0, 0.1) is 0 Å². The molecule has 19 heteroatoms. The molecule has 3 heterocycles. The predicted octanol–water partition coefficient (Wildman–Crippen LogP) is -4.95. The second kappa shape index (κ2) is 6.43. The van der Waals surface area contributed by atoms with Crippen LogP contribution in [0.25, 0.3) is 0 Å². The van der Waals surface area contributed by atoms with Crippen molar-refractivity contribution in [3.8, 4) is 0 Å². The topological polar surface area (TPSA) is 144 Å². The van der Waals surface area contributed by atoms with Crippen molar-refractivity contribution in [1.29, 1.82) is 0 Å². The fourth-order valence-electron chi connectivity index (χ4n) is 0.944. The standard InChI is InChI=1S/H3O12Si7/c1-13-4-16-6-14(2)8-18-9-15(3)7-17(5-13)11-19(10-16)12-18/h1-3H. The molecule has 3 saturated heterocycles. The van der Waals surface area contributed by atoms with E-state index in [1.54, 1.807) is 0 Å². The molecule has 0 unspecified atom stereocenters. The molecule has 19 heavy (non-hydrogen) atoms. The zero-order valence-corrected chi connectivity index (χ0v) is 15.5. The third kappa shape index (κ3) is 4.03. The van der Waals surface area contributed by atoms with E-state index in [9.17, 15) is 14.4 Å². The van der Waals surface area contributed by atoms with Crippen molar-refractivity contribution in [3.63, 3.8) is 0 Å². The predicted molar refractivity (Wildman–Crippen MR) is 56.7 cm³/mol. The summed E-state index contributed by atoms with van der Waals surface area (Å²) in [4.78, 5) is 28.5. The van der Waals surface area contributed by atoms with Crippen molar-refractivity contribution in [2.45, 2.75) is 0 Å². The maximum absolute atomic E-state index is 9.51. The molecule has 0 aromatic carbocycles. The van der Waals surface area contributed by atoms with Crippen LogP contribution in [0.3, 0.4) is 0 Å². The molecule has 0 atom stereocenters. The molecule has 3 aliphatic heterocycles. The van der Waals surface area contributed by atoms with Crippen LogP contribution < -0.4 is 0 Å². The Balaban J connectivity index is 1.82. The maximum atomic E-state index is 9.51. The second-order valence-corrected chi connectivity index (χ2v) is 13.7. The van der Waals surface area contributed by atoms with Crippen molar-refractivity contribution in [2.24, 2.45) is 0 Å². The Hall–Kier alpha value is 1.04. The minimum atomic E-state index is -2.77. The molecule has 0 spiro atoms. The summed E-state index contributed by atoms with van der Waals surface area (Å²) in [5.74, 6) is 0. The van der Waals surface area contributed by atoms with Crippen molar-refractivity contribution in [2.75, 3.05) is 0 Å². The molecule has 103 valence electrons. The number of hydrogen-bond acceptors (Lipinski definition) is 12. The van der Waals surface area contributed by atoms with Crippen molar-refractivity contribution < 1.29 is 51.4 Å². The number of rotatable bonds is 0. The molecular formula is H3O12Si7. The molecular weight excluding hydrogens is 389 g/mol. The van der Waals surface area contributed by atoms with Crippen LogP contribution in [0.2, 0.25) is 0 Å². The first-order valence-corrected chi connectivity index (χ1v) is 13.0. The van der Waals surface area contributed by atoms with E-state index in [4.69, 9.17) is 37.0 Å². The number of fused-ring (bicyclic) bond motifs is 3. The first kappa shape index (κ1) is 15.0. The molecule has 0 aliphatic carbocycles. The molecule has 0 aromatic rings. The van der Waals surface area contributed by atoms with Gasteiger partial charge in [0.25, 0.3) is 0 Å². The van der Waals surface area contributed by atoms with E-state index in [0.29, 0.717) is 0 Å². The summed E-state index contributed by atoms with van der Waals surface area (Å²) in [6, 6.07) is 0. The molecule has 3 rings (SSSR count). The monoisotopic (exact) mass is 391 g/mol. The van der Waals surface area contributed by atoms with Gasteiger partial charge in [0.15, 0.2) is 0 Å². The molecule has 3 N–H and O–H groups in total. The summed E-state index contributed by atoms with van der Waals surface area (Å²) < 4.78 is 45.7. The maximum Gasteiger partial charge on any atom is 0.558 e. The molecule has 7 radical (unpaired) electrons. The molecule has 12 nitrogen and oxygen atoms in total. The Labute approximate surface area is 118 Å². The van der Waals surface area contributed by atoms with Crippen LogP contribution in [0.1, 0.15) is 0 Å². The summed E-state index contributed by atoms with van der Waals surface area (Å²) in [7, 11) is -18.2. The molecule has 3 fully saturated rings. The van der Waals surface area contributed by atoms with Crippen molar-refractivity contribution >= 4 is 66.7 Å². The minimum Gasteiger partial charge on any atom is -0.388 e. The average molecular weight is 392 g/mol. The van der Waals surface area contributed by atoms with Gasteiger partial charge < -0.3 is 51.4 Å². The highest BCUT2D eigenvalue weighted by atomic mass is 28.5. The summed E-state index contributed by atoms with van der Waals surface area (Å²) >= 11 is 0. The Morgan fingerprint density at radius 3 is 0.842 bits per heavy atom. The smallest absolute Gasteiger partial charge is 0.388 e. The largest absolute Gasteiger partial charge is 0.558 e. The molecule has 4 bridgehead atoms. The highest BCUT2D eigenvalue weighted by Gasteiger charge is 2.53. The third-order valence-electron chi connectivity index (χ3n) is 1.52. The van der Waals surface area contributed by atoms with Crippen molar-refractivity contribution in [3.05, 3.63) is 0 Å². The molecule has 0 saturated carbocycles. The minimum absolute atomic E-state index is 2.39. The van der Waals surface area contributed by atoms with E-state index in [1.807, 2.05) is 0 Å². The fraction of sp³-hybridized carbons (Fsp3) is 0. The zero-order valence-electron chi connectivity index (χ0n) is 8.52. The molecule has 3 aliphatic rings. The Bertz CT molecular complexity index is 247. The van der Waals surface area contributed by atoms with Gasteiger partial charge in [0.05, 0.1) is 0 Å². The molecule has 0 amide bonds. The average Bonchev–Trinajstić information content (AvgIpc) is 2.20. The summed E-state index contributed by atoms with van der Waals surface area (Å²) in [5, 5.41) is 0. The van der Waals surface area contributed by atoms with Crippen LogP contribution in [0.5, 0.6) is 0 Å². The summed E-state index contributed by atoms with van der Waals surface area (Å²) in [6.07, 6.45) is 0. The number of hydrogen-bond donors (Lipinski definition) is 3. The van der Waals surface area contributed by atoms with Gasteiger partial charge in [0.1, 0.15) is 0 Å². The summed E-state index contributed by atoms with van der Waals surface area (Å²) in [5.41, 5.74) is 0. The van der Waals surface area contributed by atoms with Gasteiger partial charge in [-0.25, -0.2) is 0 Å². The lowest BCUT2D eigenvalue weighted by molar-refractivity contribution is 0.0776. The lowest BCUT2D eigenvalue weighted by atomic mass is 15.6. The SMILES string of the molecule is O[Si]1O[Si]2O[Si](O)O[Si]3O[Si](O)O[Si](O1)O[Si](O2)O3. The third-order valence-corrected chi connectivity index (χ3v) is 13.7.